The predicted molar refractivity (Wildman–Crippen MR) is 110 cm³/mol. The van der Waals surface area contributed by atoms with E-state index in [2.05, 4.69) is 22.0 Å². The molecule has 3 aliphatic rings. The van der Waals surface area contributed by atoms with Crippen LogP contribution in [0.2, 0.25) is 0 Å². The van der Waals surface area contributed by atoms with E-state index in [1.807, 2.05) is 0 Å². The number of guanidine groups is 1. The van der Waals surface area contributed by atoms with Crippen LogP contribution < -0.4 is 5.32 Å². The monoisotopic (exact) mass is 380 g/mol. The van der Waals surface area contributed by atoms with E-state index < -0.39 is 0 Å². The van der Waals surface area contributed by atoms with E-state index >= 15 is 0 Å². The molecule has 3 rings (SSSR count). The Hall–Kier alpha value is -0.850. The molecular weight excluding hydrogens is 340 g/mol. The molecule has 1 unspecified atom stereocenters. The second-order valence-electron chi connectivity index (χ2n) is 8.15. The van der Waals surface area contributed by atoms with Crippen LogP contribution in [0.5, 0.6) is 0 Å². The van der Waals surface area contributed by atoms with Crippen molar-refractivity contribution in [1.82, 2.24) is 15.1 Å². The molecule has 3 fully saturated rings. The summed E-state index contributed by atoms with van der Waals surface area (Å²) in [5, 5.41) is 3.49. The molecule has 3 saturated heterocycles. The zero-order chi connectivity index (χ0) is 18.7. The normalized spacial score (nSPS) is 26.3. The molecule has 0 aliphatic carbocycles. The summed E-state index contributed by atoms with van der Waals surface area (Å²) in [6.45, 7) is 11.3. The molecule has 1 N–H and O–H groups in total. The zero-order valence-corrected chi connectivity index (χ0v) is 17.3. The number of piperidine rings is 2. The summed E-state index contributed by atoms with van der Waals surface area (Å²) in [5.74, 6) is 1.09. The zero-order valence-electron chi connectivity index (χ0n) is 17.3. The molecule has 0 aromatic heterocycles. The van der Waals surface area contributed by atoms with Crippen molar-refractivity contribution in [3.8, 4) is 0 Å². The van der Waals surface area contributed by atoms with Crippen molar-refractivity contribution in [3.05, 3.63) is 0 Å². The second-order valence-corrected chi connectivity index (χ2v) is 8.15. The Labute approximate surface area is 165 Å². The van der Waals surface area contributed by atoms with Crippen molar-refractivity contribution in [1.29, 1.82) is 0 Å². The molecular formula is C21H40N4O2. The van der Waals surface area contributed by atoms with Gasteiger partial charge in [0.1, 0.15) is 0 Å². The SMILES string of the molecule is CCNC(=NCCN1CCCCC1)N1CCC(OCC2CCCCO2)CC1. The lowest BCUT2D eigenvalue weighted by Gasteiger charge is -2.35. The smallest absolute Gasteiger partial charge is 0.193 e. The van der Waals surface area contributed by atoms with Gasteiger partial charge in [0.15, 0.2) is 5.96 Å². The molecule has 0 amide bonds. The minimum absolute atomic E-state index is 0.324. The van der Waals surface area contributed by atoms with E-state index in [4.69, 9.17) is 14.5 Å². The molecule has 0 aromatic carbocycles. The van der Waals surface area contributed by atoms with Crippen LogP contribution in [-0.2, 0) is 9.47 Å². The van der Waals surface area contributed by atoms with Crippen LogP contribution in [0.3, 0.4) is 0 Å². The number of hydrogen-bond donors (Lipinski definition) is 1. The lowest BCUT2D eigenvalue weighted by Crippen LogP contribution is -2.47. The quantitative estimate of drug-likeness (QED) is 0.543. The maximum Gasteiger partial charge on any atom is 0.193 e. The number of nitrogens with zero attached hydrogens (tertiary/aromatic N) is 3. The van der Waals surface area contributed by atoms with Gasteiger partial charge in [-0.25, -0.2) is 0 Å². The van der Waals surface area contributed by atoms with E-state index in [1.54, 1.807) is 0 Å². The molecule has 0 bridgehead atoms. The van der Waals surface area contributed by atoms with Gasteiger partial charge >= 0.3 is 0 Å². The van der Waals surface area contributed by atoms with Crippen LogP contribution >= 0.6 is 0 Å². The molecule has 156 valence electrons. The van der Waals surface area contributed by atoms with Crippen LogP contribution in [0.25, 0.3) is 0 Å². The lowest BCUT2D eigenvalue weighted by molar-refractivity contribution is -0.0721. The Bertz CT molecular complexity index is 426. The largest absolute Gasteiger partial charge is 0.376 e. The highest BCUT2D eigenvalue weighted by molar-refractivity contribution is 5.80. The molecule has 3 aliphatic heterocycles. The molecule has 3 heterocycles. The molecule has 0 radical (unpaired) electrons. The standard InChI is InChI=1S/C21H40N4O2/c1-2-22-21(23-11-16-24-12-5-3-6-13-24)25-14-9-19(10-15-25)27-18-20-8-4-7-17-26-20/h19-20H,2-18H2,1H3,(H,22,23). The number of hydrogen-bond acceptors (Lipinski definition) is 4. The highest BCUT2D eigenvalue weighted by atomic mass is 16.5. The fourth-order valence-corrected chi connectivity index (χ4v) is 4.32. The molecule has 6 heteroatoms. The highest BCUT2D eigenvalue weighted by Gasteiger charge is 2.23. The fraction of sp³-hybridized carbons (Fsp3) is 0.952. The number of ether oxygens (including phenoxy) is 2. The van der Waals surface area contributed by atoms with E-state index in [0.717, 1.165) is 71.2 Å². The van der Waals surface area contributed by atoms with Gasteiger partial charge in [-0.1, -0.05) is 6.42 Å². The van der Waals surface area contributed by atoms with Crippen LogP contribution in [0.1, 0.15) is 58.3 Å². The topological polar surface area (TPSA) is 49.3 Å². The number of likely N-dealkylation sites (tertiary alicyclic amines) is 2. The van der Waals surface area contributed by atoms with E-state index in [-0.39, 0.29) is 0 Å². The third-order valence-electron chi connectivity index (χ3n) is 5.99. The van der Waals surface area contributed by atoms with E-state index in [9.17, 15) is 0 Å². The van der Waals surface area contributed by atoms with Crippen molar-refractivity contribution < 1.29 is 9.47 Å². The summed E-state index contributed by atoms with van der Waals surface area (Å²) < 4.78 is 11.9. The average molecular weight is 381 g/mol. The van der Waals surface area contributed by atoms with Crippen LogP contribution in [0, 0.1) is 0 Å². The number of aliphatic imine (C=N–C) groups is 1. The fourth-order valence-electron chi connectivity index (χ4n) is 4.32. The Morgan fingerprint density at radius 2 is 1.85 bits per heavy atom. The van der Waals surface area contributed by atoms with Gasteiger partial charge in [-0.2, -0.15) is 0 Å². The van der Waals surface area contributed by atoms with Gasteiger partial charge in [-0.05, 0) is 65.0 Å². The first-order valence-corrected chi connectivity index (χ1v) is 11.3. The van der Waals surface area contributed by atoms with Gasteiger partial charge in [-0.3, -0.25) is 4.99 Å². The third-order valence-corrected chi connectivity index (χ3v) is 5.99. The minimum Gasteiger partial charge on any atom is -0.376 e. The first-order chi connectivity index (χ1) is 13.3. The van der Waals surface area contributed by atoms with Crippen molar-refractivity contribution >= 4 is 5.96 Å². The van der Waals surface area contributed by atoms with Gasteiger partial charge in [0.25, 0.3) is 0 Å². The third kappa shape index (κ3) is 7.24. The maximum absolute atomic E-state index is 6.15. The Balaban J connectivity index is 1.37. The van der Waals surface area contributed by atoms with E-state index in [1.165, 1.54) is 45.2 Å². The minimum atomic E-state index is 0.324. The molecule has 0 aromatic rings. The van der Waals surface area contributed by atoms with Crippen LogP contribution in [0.15, 0.2) is 4.99 Å². The van der Waals surface area contributed by atoms with Crippen molar-refractivity contribution in [2.24, 2.45) is 4.99 Å². The second kappa shape index (κ2) is 11.9. The highest BCUT2D eigenvalue weighted by Crippen LogP contribution is 2.18. The first kappa shape index (κ1) is 20.9. The van der Waals surface area contributed by atoms with Crippen molar-refractivity contribution in [3.63, 3.8) is 0 Å². The van der Waals surface area contributed by atoms with Gasteiger partial charge in [0.05, 0.1) is 25.4 Å². The first-order valence-electron chi connectivity index (χ1n) is 11.3. The van der Waals surface area contributed by atoms with Gasteiger partial charge in [0, 0.05) is 32.8 Å². The van der Waals surface area contributed by atoms with Crippen LogP contribution in [0.4, 0.5) is 0 Å². The summed E-state index contributed by atoms with van der Waals surface area (Å²) in [7, 11) is 0. The molecule has 0 saturated carbocycles. The number of nitrogens with one attached hydrogen (secondary N) is 1. The Morgan fingerprint density at radius 3 is 2.56 bits per heavy atom. The summed E-state index contributed by atoms with van der Waals surface area (Å²) in [6, 6.07) is 0. The summed E-state index contributed by atoms with van der Waals surface area (Å²) in [4.78, 5) is 9.88. The lowest BCUT2D eigenvalue weighted by atomic mass is 10.1. The van der Waals surface area contributed by atoms with E-state index in [0.29, 0.717) is 12.2 Å². The maximum atomic E-state index is 6.15. The Kier molecular flexibility index (Phi) is 9.18. The van der Waals surface area contributed by atoms with Gasteiger partial charge in [-0.15, -0.1) is 0 Å². The summed E-state index contributed by atoms with van der Waals surface area (Å²) >= 11 is 0. The molecule has 6 nitrogen and oxygen atoms in total. The molecule has 27 heavy (non-hydrogen) atoms. The van der Waals surface area contributed by atoms with Crippen molar-refractivity contribution in [2.45, 2.75) is 70.5 Å². The molecule has 0 spiro atoms. The van der Waals surface area contributed by atoms with Gasteiger partial charge in [0.2, 0.25) is 0 Å². The van der Waals surface area contributed by atoms with Gasteiger partial charge < -0.3 is 24.6 Å². The summed E-state index contributed by atoms with van der Waals surface area (Å²) in [6.07, 6.45) is 10.6. The molecule has 1 atom stereocenters. The van der Waals surface area contributed by atoms with Crippen LogP contribution in [-0.4, -0.2) is 87.0 Å². The Morgan fingerprint density at radius 1 is 1.04 bits per heavy atom. The summed E-state index contributed by atoms with van der Waals surface area (Å²) in [5.41, 5.74) is 0. The average Bonchev–Trinajstić information content (AvgIpc) is 2.74. The van der Waals surface area contributed by atoms with Crippen molar-refractivity contribution in [2.75, 3.05) is 59.0 Å². The predicted octanol–water partition coefficient (Wildman–Crippen LogP) is 2.49. The number of rotatable bonds is 7.